The summed E-state index contributed by atoms with van der Waals surface area (Å²) in [7, 11) is 1.79. The fraction of sp³-hybridized carbons (Fsp3) is 0.250. The number of hydrogen-bond donors (Lipinski definition) is 2. The van der Waals surface area contributed by atoms with E-state index in [1.165, 1.54) is 17.5 Å². The second kappa shape index (κ2) is 8.48. The van der Waals surface area contributed by atoms with Crippen molar-refractivity contribution in [3.05, 3.63) is 63.9 Å². The molecule has 0 aliphatic heterocycles. The van der Waals surface area contributed by atoms with Crippen LogP contribution >= 0.6 is 11.3 Å². The van der Waals surface area contributed by atoms with E-state index in [2.05, 4.69) is 25.0 Å². The number of nitrogens with zero attached hydrogens (tertiary/aromatic N) is 4. The summed E-state index contributed by atoms with van der Waals surface area (Å²) in [5.74, 6) is -0.317. The molecule has 0 aliphatic carbocycles. The van der Waals surface area contributed by atoms with Crippen LogP contribution < -0.4 is 10.0 Å². The fourth-order valence-corrected chi connectivity index (χ4v) is 3.62. The first-order valence-corrected chi connectivity index (χ1v) is 9.80. The average Bonchev–Trinajstić information content (AvgIpc) is 3.26. The Morgan fingerprint density at radius 1 is 1.33 bits per heavy atom. The van der Waals surface area contributed by atoms with Crippen molar-refractivity contribution in [2.45, 2.75) is 19.5 Å². The highest BCUT2D eigenvalue weighted by atomic mass is 32.2. The lowest BCUT2D eigenvalue weighted by atomic mass is 10.1. The predicted molar refractivity (Wildman–Crippen MR) is 99.4 cm³/mol. The molecule has 9 nitrogen and oxygen atoms in total. The van der Waals surface area contributed by atoms with Crippen molar-refractivity contribution in [1.29, 1.82) is 0 Å². The Kier molecular flexibility index (Phi) is 6.06. The van der Waals surface area contributed by atoms with Crippen LogP contribution in [0.3, 0.4) is 0 Å². The third-order valence-corrected chi connectivity index (χ3v) is 5.02. The number of nitrogens with one attached hydrogen (secondary N) is 2. The number of thiazole rings is 1. The Morgan fingerprint density at radius 2 is 2.15 bits per heavy atom. The van der Waals surface area contributed by atoms with E-state index in [1.54, 1.807) is 42.5 Å². The van der Waals surface area contributed by atoms with Gasteiger partial charge in [0.15, 0.2) is 0 Å². The SMILES string of the molecule is Cc1ncc(CNC(=O)c2ccc(C(NS(=O)[O-])c3cn(C)cn3)cn2)s1. The van der Waals surface area contributed by atoms with Crippen LogP contribution in [0.25, 0.3) is 0 Å². The smallest absolute Gasteiger partial charge is 0.270 e. The highest BCUT2D eigenvalue weighted by Gasteiger charge is 2.18. The summed E-state index contributed by atoms with van der Waals surface area (Å²) in [6, 6.07) is 2.51. The normalized spacial score (nSPS) is 13.3. The van der Waals surface area contributed by atoms with Crippen molar-refractivity contribution >= 4 is 28.5 Å². The molecular weight excluding hydrogens is 388 g/mol. The molecule has 11 heteroatoms. The van der Waals surface area contributed by atoms with Crippen molar-refractivity contribution < 1.29 is 13.6 Å². The lowest BCUT2D eigenvalue weighted by molar-refractivity contribution is 0.0946. The van der Waals surface area contributed by atoms with Crippen molar-refractivity contribution in [3.63, 3.8) is 0 Å². The number of rotatable bonds is 7. The maximum absolute atomic E-state index is 12.2. The van der Waals surface area contributed by atoms with Crippen molar-refractivity contribution in [3.8, 4) is 0 Å². The van der Waals surface area contributed by atoms with E-state index in [1.807, 2.05) is 6.92 Å². The second-order valence-corrected chi connectivity index (χ2v) is 7.78. The third kappa shape index (κ3) is 5.04. The van der Waals surface area contributed by atoms with Crippen molar-refractivity contribution in [1.82, 2.24) is 29.6 Å². The minimum atomic E-state index is -2.48. The van der Waals surface area contributed by atoms with Gasteiger partial charge in [-0.2, -0.15) is 0 Å². The molecule has 3 aromatic heterocycles. The molecule has 3 heterocycles. The van der Waals surface area contributed by atoms with Gasteiger partial charge in [0.05, 0.1) is 29.6 Å². The second-order valence-electron chi connectivity index (χ2n) is 5.75. The van der Waals surface area contributed by atoms with Gasteiger partial charge in [0.1, 0.15) is 5.69 Å². The van der Waals surface area contributed by atoms with Gasteiger partial charge in [-0.1, -0.05) is 6.07 Å². The number of aryl methyl sites for hydroxylation is 2. The molecule has 2 unspecified atom stereocenters. The Labute approximate surface area is 162 Å². The molecule has 0 radical (unpaired) electrons. The van der Waals surface area contributed by atoms with Crippen LogP contribution in [0.4, 0.5) is 0 Å². The molecule has 0 bridgehead atoms. The van der Waals surface area contributed by atoms with E-state index >= 15 is 0 Å². The summed E-state index contributed by atoms with van der Waals surface area (Å²) in [6.07, 6.45) is 6.48. The van der Waals surface area contributed by atoms with Crippen LogP contribution in [0.1, 0.15) is 37.7 Å². The first kappa shape index (κ1) is 19.3. The van der Waals surface area contributed by atoms with Crippen LogP contribution in [0.5, 0.6) is 0 Å². The Morgan fingerprint density at radius 3 is 2.70 bits per heavy atom. The first-order chi connectivity index (χ1) is 12.9. The maximum Gasteiger partial charge on any atom is 0.270 e. The van der Waals surface area contributed by atoms with Crippen LogP contribution in [-0.4, -0.2) is 34.2 Å². The van der Waals surface area contributed by atoms with Gasteiger partial charge in [-0.15, -0.1) is 11.3 Å². The van der Waals surface area contributed by atoms with E-state index < -0.39 is 17.3 Å². The molecule has 3 aromatic rings. The topological polar surface area (TPSA) is 125 Å². The summed E-state index contributed by atoms with van der Waals surface area (Å²) in [5, 5.41) is 3.72. The molecule has 1 amide bonds. The molecule has 0 spiro atoms. The maximum atomic E-state index is 12.2. The third-order valence-electron chi connectivity index (χ3n) is 3.68. The van der Waals surface area contributed by atoms with Gasteiger partial charge < -0.3 is 14.4 Å². The lowest BCUT2D eigenvalue weighted by Crippen LogP contribution is -2.26. The summed E-state index contributed by atoms with van der Waals surface area (Å²) in [5.41, 5.74) is 1.34. The number of pyridine rings is 1. The summed E-state index contributed by atoms with van der Waals surface area (Å²) < 4.78 is 26.4. The minimum Gasteiger partial charge on any atom is -0.760 e. The number of imidazole rings is 1. The molecule has 0 aromatic carbocycles. The van der Waals surface area contributed by atoms with Crippen LogP contribution in [0.2, 0.25) is 0 Å². The van der Waals surface area contributed by atoms with Gasteiger partial charge >= 0.3 is 0 Å². The van der Waals surface area contributed by atoms with Gasteiger partial charge in [-0.25, -0.2) is 14.7 Å². The minimum absolute atomic E-state index is 0.239. The van der Waals surface area contributed by atoms with E-state index in [0.717, 1.165) is 9.88 Å². The largest absolute Gasteiger partial charge is 0.760 e. The van der Waals surface area contributed by atoms with Crippen LogP contribution in [0, 0.1) is 6.92 Å². The summed E-state index contributed by atoms with van der Waals surface area (Å²) in [4.78, 5) is 25.7. The number of amides is 1. The zero-order chi connectivity index (χ0) is 19.4. The van der Waals surface area contributed by atoms with Gasteiger partial charge in [0, 0.05) is 41.8 Å². The molecular formula is C16H17N6O3S2-. The highest BCUT2D eigenvalue weighted by Crippen LogP contribution is 2.20. The molecule has 0 fully saturated rings. The van der Waals surface area contributed by atoms with E-state index in [0.29, 0.717) is 17.8 Å². The highest BCUT2D eigenvalue weighted by molar-refractivity contribution is 7.77. The first-order valence-electron chi connectivity index (χ1n) is 7.91. The number of aromatic nitrogens is 4. The Hall–Kier alpha value is -2.47. The average molecular weight is 405 g/mol. The van der Waals surface area contributed by atoms with Crippen molar-refractivity contribution in [2.75, 3.05) is 0 Å². The zero-order valence-corrected chi connectivity index (χ0v) is 16.2. The predicted octanol–water partition coefficient (Wildman–Crippen LogP) is 0.983. The molecule has 3 rings (SSSR count). The van der Waals surface area contributed by atoms with Crippen LogP contribution in [-0.2, 0) is 24.9 Å². The quantitative estimate of drug-likeness (QED) is 0.565. The zero-order valence-electron chi connectivity index (χ0n) is 14.6. The molecule has 142 valence electrons. The summed E-state index contributed by atoms with van der Waals surface area (Å²) >= 11 is -0.970. The van der Waals surface area contributed by atoms with E-state index in [-0.39, 0.29) is 11.6 Å². The number of carbonyl (C=O) groups is 1. The molecule has 0 saturated carbocycles. The molecule has 27 heavy (non-hydrogen) atoms. The Balaban J connectivity index is 1.72. The van der Waals surface area contributed by atoms with E-state index in [9.17, 15) is 13.6 Å². The molecule has 2 N–H and O–H groups in total. The standard InChI is InChI=1S/C16H18N6O3S2/c1-10-17-6-12(26-10)7-19-16(23)13-4-3-11(5-18-13)15(21-27(24)25)14-8-22(2)9-20-14/h3-6,8-9,15,21H,7H2,1-2H3,(H,19,23)(H,24,25)/p-1. The van der Waals surface area contributed by atoms with Crippen LogP contribution in [0.15, 0.2) is 37.1 Å². The van der Waals surface area contributed by atoms with Crippen molar-refractivity contribution in [2.24, 2.45) is 7.05 Å². The Bertz CT molecular complexity index is 953. The number of carbonyl (C=O) groups excluding carboxylic acids is 1. The molecule has 2 atom stereocenters. The molecule has 0 aliphatic rings. The monoisotopic (exact) mass is 405 g/mol. The van der Waals surface area contributed by atoms with E-state index in [4.69, 9.17) is 0 Å². The lowest BCUT2D eigenvalue weighted by Gasteiger charge is -2.18. The summed E-state index contributed by atoms with van der Waals surface area (Å²) in [6.45, 7) is 2.28. The molecule has 0 saturated heterocycles. The van der Waals surface area contributed by atoms with Gasteiger partial charge in [0.2, 0.25) is 0 Å². The van der Waals surface area contributed by atoms with Gasteiger partial charge in [0.25, 0.3) is 5.91 Å². The fourth-order valence-electron chi connectivity index (χ4n) is 2.43. The van der Waals surface area contributed by atoms with Gasteiger partial charge in [-0.05, 0) is 18.6 Å². The van der Waals surface area contributed by atoms with Gasteiger partial charge in [-0.3, -0.25) is 14.0 Å². The number of hydrogen-bond acceptors (Lipinski definition) is 7.